The molecule has 22 heavy (non-hydrogen) atoms. The Balaban J connectivity index is 1.64. The molecule has 0 aliphatic carbocycles. The molecule has 1 aliphatic rings. The monoisotopic (exact) mass is 299 g/mol. The molecule has 0 spiro atoms. The SMILES string of the molecule is Cc1cc(C(=O)NCC2CCCNC2)ccc1-n1cncn1. The average molecular weight is 299 g/mol. The Morgan fingerprint density at radius 3 is 3.09 bits per heavy atom. The Bertz CT molecular complexity index is 632. The topological polar surface area (TPSA) is 71.8 Å². The minimum atomic E-state index is -0.0150. The zero-order chi connectivity index (χ0) is 15.4. The first kappa shape index (κ1) is 14.7. The number of carbonyl (C=O) groups excluding carboxylic acids is 1. The van der Waals surface area contributed by atoms with Crippen LogP contribution in [0.3, 0.4) is 0 Å². The molecule has 1 atom stereocenters. The van der Waals surface area contributed by atoms with Crippen LogP contribution in [0.25, 0.3) is 5.69 Å². The molecule has 6 heteroatoms. The summed E-state index contributed by atoms with van der Waals surface area (Å²) in [5, 5.41) is 10.5. The van der Waals surface area contributed by atoms with Crippen molar-refractivity contribution in [2.45, 2.75) is 19.8 Å². The number of piperidine rings is 1. The number of amides is 1. The molecule has 1 aliphatic heterocycles. The van der Waals surface area contributed by atoms with Gasteiger partial charge in [0, 0.05) is 12.1 Å². The van der Waals surface area contributed by atoms with E-state index in [-0.39, 0.29) is 5.91 Å². The first-order chi connectivity index (χ1) is 10.7. The number of aryl methyl sites for hydroxylation is 1. The number of rotatable bonds is 4. The van der Waals surface area contributed by atoms with E-state index in [1.807, 2.05) is 25.1 Å². The van der Waals surface area contributed by atoms with Gasteiger partial charge in [-0.05, 0) is 62.5 Å². The maximum atomic E-state index is 12.3. The van der Waals surface area contributed by atoms with E-state index in [0.29, 0.717) is 11.5 Å². The zero-order valence-corrected chi connectivity index (χ0v) is 12.7. The van der Waals surface area contributed by atoms with E-state index in [2.05, 4.69) is 20.7 Å². The summed E-state index contributed by atoms with van der Waals surface area (Å²) in [6.45, 7) is 4.78. The molecule has 1 unspecified atom stereocenters. The second-order valence-corrected chi connectivity index (χ2v) is 5.76. The molecule has 1 aromatic heterocycles. The molecule has 2 heterocycles. The molecule has 0 radical (unpaired) electrons. The van der Waals surface area contributed by atoms with Gasteiger partial charge in [0.25, 0.3) is 5.91 Å². The Hall–Kier alpha value is -2.21. The Morgan fingerprint density at radius 2 is 2.41 bits per heavy atom. The number of benzene rings is 1. The lowest BCUT2D eigenvalue weighted by molar-refractivity contribution is 0.0944. The first-order valence-corrected chi connectivity index (χ1v) is 7.68. The van der Waals surface area contributed by atoms with Crippen molar-refractivity contribution in [1.82, 2.24) is 25.4 Å². The zero-order valence-electron chi connectivity index (χ0n) is 12.7. The van der Waals surface area contributed by atoms with E-state index >= 15 is 0 Å². The number of nitrogens with one attached hydrogen (secondary N) is 2. The van der Waals surface area contributed by atoms with E-state index in [1.54, 1.807) is 11.0 Å². The predicted molar refractivity (Wildman–Crippen MR) is 84.0 cm³/mol. The van der Waals surface area contributed by atoms with E-state index in [9.17, 15) is 4.79 Å². The van der Waals surface area contributed by atoms with Crippen molar-refractivity contribution in [2.75, 3.05) is 19.6 Å². The summed E-state index contributed by atoms with van der Waals surface area (Å²) in [6.07, 6.45) is 5.51. The number of aromatic nitrogens is 3. The van der Waals surface area contributed by atoms with Gasteiger partial charge in [-0.1, -0.05) is 0 Å². The lowest BCUT2D eigenvalue weighted by atomic mass is 9.99. The molecule has 2 aromatic rings. The van der Waals surface area contributed by atoms with Gasteiger partial charge in [-0.15, -0.1) is 0 Å². The van der Waals surface area contributed by atoms with Crippen molar-refractivity contribution in [3.8, 4) is 5.69 Å². The van der Waals surface area contributed by atoms with Crippen LogP contribution in [-0.2, 0) is 0 Å². The van der Waals surface area contributed by atoms with Crippen LogP contribution in [0.2, 0.25) is 0 Å². The van der Waals surface area contributed by atoms with Crippen LogP contribution in [0.15, 0.2) is 30.9 Å². The maximum Gasteiger partial charge on any atom is 0.251 e. The molecule has 1 aromatic carbocycles. The highest BCUT2D eigenvalue weighted by Crippen LogP contribution is 2.15. The molecule has 3 rings (SSSR count). The molecule has 1 fully saturated rings. The number of hydrogen-bond donors (Lipinski definition) is 2. The molecular weight excluding hydrogens is 278 g/mol. The van der Waals surface area contributed by atoms with Gasteiger partial charge in [0.2, 0.25) is 0 Å². The molecule has 0 bridgehead atoms. The second-order valence-electron chi connectivity index (χ2n) is 5.76. The summed E-state index contributed by atoms with van der Waals surface area (Å²) >= 11 is 0. The summed E-state index contributed by atoms with van der Waals surface area (Å²) in [4.78, 5) is 16.2. The molecule has 1 amide bonds. The van der Waals surface area contributed by atoms with E-state index in [0.717, 1.165) is 30.9 Å². The molecular formula is C16H21N5O. The van der Waals surface area contributed by atoms with Crippen molar-refractivity contribution in [3.05, 3.63) is 42.0 Å². The quantitative estimate of drug-likeness (QED) is 0.893. The first-order valence-electron chi connectivity index (χ1n) is 7.68. The highest BCUT2D eigenvalue weighted by Gasteiger charge is 2.15. The fourth-order valence-corrected chi connectivity index (χ4v) is 2.82. The van der Waals surface area contributed by atoms with Gasteiger partial charge in [-0.2, -0.15) is 5.10 Å². The van der Waals surface area contributed by atoms with Crippen molar-refractivity contribution in [1.29, 1.82) is 0 Å². The molecule has 1 saturated heterocycles. The van der Waals surface area contributed by atoms with Crippen LogP contribution in [0.4, 0.5) is 0 Å². The summed E-state index contributed by atoms with van der Waals surface area (Å²) in [6, 6.07) is 5.63. The lowest BCUT2D eigenvalue weighted by Gasteiger charge is -2.22. The van der Waals surface area contributed by atoms with Gasteiger partial charge in [0.15, 0.2) is 0 Å². The standard InChI is InChI=1S/C16H21N5O/c1-12-7-14(4-5-15(12)21-11-18-10-20-21)16(22)19-9-13-3-2-6-17-8-13/h4-5,7,10-11,13,17H,2-3,6,8-9H2,1H3,(H,19,22). The summed E-state index contributed by atoms with van der Waals surface area (Å²) in [5.74, 6) is 0.520. The van der Waals surface area contributed by atoms with Crippen molar-refractivity contribution in [2.24, 2.45) is 5.92 Å². The van der Waals surface area contributed by atoms with Crippen LogP contribution in [0, 0.1) is 12.8 Å². The summed E-state index contributed by atoms with van der Waals surface area (Å²) in [7, 11) is 0. The number of carbonyl (C=O) groups is 1. The van der Waals surface area contributed by atoms with Gasteiger partial charge in [0.1, 0.15) is 12.7 Å². The van der Waals surface area contributed by atoms with Gasteiger partial charge in [-0.3, -0.25) is 4.79 Å². The van der Waals surface area contributed by atoms with Crippen LogP contribution >= 0.6 is 0 Å². The summed E-state index contributed by atoms with van der Waals surface area (Å²) < 4.78 is 1.70. The minimum Gasteiger partial charge on any atom is -0.352 e. The number of nitrogens with zero attached hydrogens (tertiary/aromatic N) is 3. The molecule has 116 valence electrons. The fourth-order valence-electron chi connectivity index (χ4n) is 2.82. The second kappa shape index (κ2) is 6.70. The maximum absolute atomic E-state index is 12.3. The summed E-state index contributed by atoms with van der Waals surface area (Å²) in [5.41, 5.74) is 2.62. The average Bonchev–Trinajstić information content (AvgIpc) is 3.07. The Morgan fingerprint density at radius 1 is 1.50 bits per heavy atom. The van der Waals surface area contributed by atoms with Crippen LogP contribution in [-0.4, -0.2) is 40.3 Å². The van der Waals surface area contributed by atoms with E-state index in [4.69, 9.17) is 0 Å². The Kier molecular flexibility index (Phi) is 4.48. The molecule has 2 N–H and O–H groups in total. The van der Waals surface area contributed by atoms with Crippen molar-refractivity contribution in [3.63, 3.8) is 0 Å². The van der Waals surface area contributed by atoms with Crippen LogP contribution in [0.1, 0.15) is 28.8 Å². The van der Waals surface area contributed by atoms with Gasteiger partial charge < -0.3 is 10.6 Å². The largest absolute Gasteiger partial charge is 0.352 e. The minimum absolute atomic E-state index is 0.0150. The van der Waals surface area contributed by atoms with Crippen molar-refractivity contribution < 1.29 is 4.79 Å². The molecule has 0 saturated carbocycles. The van der Waals surface area contributed by atoms with Crippen LogP contribution < -0.4 is 10.6 Å². The lowest BCUT2D eigenvalue weighted by Crippen LogP contribution is -2.38. The van der Waals surface area contributed by atoms with Gasteiger partial charge in [-0.25, -0.2) is 9.67 Å². The van der Waals surface area contributed by atoms with Gasteiger partial charge >= 0.3 is 0 Å². The fraction of sp³-hybridized carbons (Fsp3) is 0.438. The third-order valence-electron chi connectivity index (χ3n) is 4.07. The normalized spacial score (nSPS) is 18.1. The molecule has 6 nitrogen and oxygen atoms in total. The smallest absolute Gasteiger partial charge is 0.251 e. The van der Waals surface area contributed by atoms with Crippen molar-refractivity contribution >= 4 is 5.91 Å². The predicted octanol–water partition coefficient (Wildman–Crippen LogP) is 1.31. The highest BCUT2D eigenvalue weighted by molar-refractivity contribution is 5.94. The third kappa shape index (κ3) is 3.33. The van der Waals surface area contributed by atoms with E-state index in [1.165, 1.54) is 19.2 Å². The number of hydrogen-bond acceptors (Lipinski definition) is 4. The highest BCUT2D eigenvalue weighted by atomic mass is 16.1. The van der Waals surface area contributed by atoms with Crippen LogP contribution in [0.5, 0.6) is 0 Å². The third-order valence-corrected chi connectivity index (χ3v) is 4.07. The van der Waals surface area contributed by atoms with E-state index < -0.39 is 0 Å². The van der Waals surface area contributed by atoms with Gasteiger partial charge in [0.05, 0.1) is 5.69 Å². The Labute approximate surface area is 129 Å².